The van der Waals surface area contributed by atoms with Gasteiger partial charge in [-0.15, -0.1) is 0 Å². The summed E-state index contributed by atoms with van der Waals surface area (Å²) in [7, 11) is 0. The van der Waals surface area contributed by atoms with Crippen LogP contribution in [-0.2, 0) is 0 Å². The van der Waals surface area contributed by atoms with E-state index in [0.29, 0.717) is 24.0 Å². The summed E-state index contributed by atoms with van der Waals surface area (Å²) in [4.78, 5) is 0. The Hall–Kier alpha value is -0.860. The molecule has 20 heavy (non-hydrogen) atoms. The van der Waals surface area contributed by atoms with Crippen molar-refractivity contribution in [2.75, 3.05) is 0 Å². The molecule has 0 aromatic heterocycles. The highest BCUT2D eigenvalue weighted by atomic mass is 15.0. The van der Waals surface area contributed by atoms with Gasteiger partial charge in [-0.05, 0) is 50.0 Å². The lowest BCUT2D eigenvalue weighted by Crippen LogP contribution is -2.46. The molecular weight excluding hydrogens is 244 g/mol. The first-order valence-corrected chi connectivity index (χ1v) is 8.39. The molecule has 2 fully saturated rings. The first kappa shape index (κ1) is 14.1. The average Bonchev–Trinajstić information content (AvgIpc) is 2.51. The highest BCUT2D eigenvalue weighted by Crippen LogP contribution is 2.34. The van der Waals surface area contributed by atoms with Gasteiger partial charge in [0.15, 0.2) is 0 Å². The minimum Gasteiger partial charge on any atom is -0.328 e. The largest absolute Gasteiger partial charge is 0.328 e. The van der Waals surface area contributed by atoms with Gasteiger partial charge in [-0.2, -0.15) is 0 Å². The Morgan fingerprint density at radius 3 is 2.30 bits per heavy atom. The van der Waals surface area contributed by atoms with E-state index in [1.165, 1.54) is 56.9 Å². The molecule has 0 aliphatic heterocycles. The van der Waals surface area contributed by atoms with Crippen LogP contribution in [0.15, 0.2) is 30.3 Å². The minimum atomic E-state index is 0.448. The maximum absolute atomic E-state index is 6.02. The Bertz CT molecular complexity index is 395. The molecule has 1 aromatic rings. The Morgan fingerprint density at radius 2 is 1.55 bits per heavy atom. The van der Waals surface area contributed by atoms with Crippen molar-refractivity contribution in [3.63, 3.8) is 0 Å². The summed E-state index contributed by atoms with van der Waals surface area (Å²) < 4.78 is 0. The zero-order chi connectivity index (χ0) is 13.8. The highest BCUT2D eigenvalue weighted by Gasteiger charge is 2.29. The van der Waals surface area contributed by atoms with Crippen LogP contribution in [0.25, 0.3) is 0 Å². The summed E-state index contributed by atoms with van der Waals surface area (Å²) in [5.74, 6) is 0.709. The van der Waals surface area contributed by atoms with Crippen LogP contribution in [0, 0.1) is 0 Å². The van der Waals surface area contributed by atoms with Crippen LogP contribution in [0.2, 0.25) is 0 Å². The zero-order valence-corrected chi connectivity index (χ0v) is 12.4. The van der Waals surface area contributed by atoms with Crippen molar-refractivity contribution in [2.45, 2.75) is 75.4 Å². The van der Waals surface area contributed by atoms with Gasteiger partial charge in [0.05, 0.1) is 0 Å². The van der Waals surface area contributed by atoms with E-state index < -0.39 is 0 Å². The molecule has 110 valence electrons. The predicted octanol–water partition coefficient (Wildman–Crippen LogP) is 3.57. The van der Waals surface area contributed by atoms with Gasteiger partial charge in [0.25, 0.3) is 0 Å². The molecule has 0 radical (unpaired) electrons. The molecule has 2 aliphatic rings. The second-order valence-corrected chi connectivity index (χ2v) is 6.69. The molecule has 1 aromatic carbocycles. The summed E-state index contributed by atoms with van der Waals surface area (Å²) in [6.45, 7) is 0. The SMILES string of the molecule is NC1CCC(NC2CCCCC2c2ccccc2)CC1. The van der Waals surface area contributed by atoms with Crippen LogP contribution in [0.4, 0.5) is 0 Å². The normalized spacial score (nSPS) is 34.9. The summed E-state index contributed by atoms with van der Waals surface area (Å²) in [6, 6.07) is 12.9. The van der Waals surface area contributed by atoms with Crippen molar-refractivity contribution in [2.24, 2.45) is 5.73 Å². The lowest BCUT2D eigenvalue weighted by Gasteiger charge is -2.37. The van der Waals surface area contributed by atoms with Gasteiger partial charge in [0.2, 0.25) is 0 Å². The lowest BCUT2D eigenvalue weighted by atomic mass is 9.79. The van der Waals surface area contributed by atoms with E-state index in [-0.39, 0.29) is 0 Å². The van der Waals surface area contributed by atoms with E-state index in [1.54, 1.807) is 0 Å². The van der Waals surface area contributed by atoms with Gasteiger partial charge in [0, 0.05) is 18.1 Å². The van der Waals surface area contributed by atoms with Gasteiger partial charge >= 0.3 is 0 Å². The van der Waals surface area contributed by atoms with Crippen LogP contribution in [0.3, 0.4) is 0 Å². The molecule has 2 unspecified atom stereocenters. The molecule has 2 atom stereocenters. The molecular formula is C18H28N2. The Balaban J connectivity index is 1.64. The number of benzene rings is 1. The van der Waals surface area contributed by atoms with Gasteiger partial charge < -0.3 is 11.1 Å². The van der Waals surface area contributed by atoms with Crippen LogP contribution >= 0.6 is 0 Å². The number of nitrogens with one attached hydrogen (secondary N) is 1. The van der Waals surface area contributed by atoms with E-state index in [1.807, 2.05) is 0 Å². The van der Waals surface area contributed by atoms with Gasteiger partial charge in [-0.1, -0.05) is 43.2 Å². The molecule has 0 bridgehead atoms. The Kier molecular flexibility index (Phi) is 4.74. The molecule has 3 rings (SSSR count). The van der Waals surface area contributed by atoms with E-state index in [9.17, 15) is 0 Å². The fraction of sp³-hybridized carbons (Fsp3) is 0.667. The monoisotopic (exact) mass is 272 g/mol. The topological polar surface area (TPSA) is 38.0 Å². The van der Waals surface area contributed by atoms with Crippen LogP contribution in [0.5, 0.6) is 0 Å². The molecule has 2 saturated carbocycles. The van der Waals surface area contributed by atoms with Crippen LogP contribution in [-0.4, -0.2) is 18.1 Å². The molecule has 0 spiro atoms. The molecule has 2 heteroatoms. The standard InChI is InChI=1S/C18H28N2/c19-15-10-12-16(13-11-15)20-18-9-5-4-8-17(18)14-6-2-1-3-7-14/h1-3,6-7,15-18,20H,4-5,8-13,19H2. The highest BCUT2D eigenvalue weighted by molar-refractivity contribution is 5.22. The third-order valence-electron chi connectivity index (χ3n) is 5.22. The first-order chi connectivity index (χ1) is 9.83. The van der Waals surface area contributed by atoms with Crippen molar-refractivity contribution in [3.8, 4) is 0 Å². The predicted molar refractivity (Wildman–Crippen MR) is 84.8 cm³/mol. The van der Waals surface area contributed by atoms with Gasteiger partial charge in [-0.3, -0.25) is 0 Å². The second-order valence-electron chi connectivity index (χ2n) is 6.69. The van der Waals surface area contributed by atoms with Gasteiger partial charge in [-0.25, -0.2) is 0 Å². The fourth-order valence-corrected chi connectivity index (χ4v) is 4.02. The number of nitrogens with two attached hydrogens (primary N) is 1. The number of hydrogen-bond acceptors (Lipinski definition) is 2. The smallest absolute Gasteiger partial charge is 0.0138 e. The summed E-state index contributed by atoms with van der Waals surface area (Å²) in [6.07, 6.45) is 10.4. The maximum Gasteiger partial charge on any atom is 0.0138 e. The molecule has 0 amide bonds. The first-order valence-electron chi connectivity index (χ1n) is 8.39. The van der Waals surface area contributed by atoms with E-state index >= 15 is 0 Å². The molecule has 3 N–H and O–H groups in total. The van der Waals surface area contributed by atoms with Crippen molar-refractivity contribution in [1.29, 1.82) is 0 Å². The average molecular weight is 272 g/mol. The summed E-state index contributed by atoms with van der Waals surface area (Å²) in [5.41, 5.74) is 7.55. The molecule has 2 nitrogen and oxygen atoms in total. The quantitative estimate of drug-likeness (QED) is 0.882. The molecule has 0 saturated heterocycles. The fourth-order valence-electron chi connectivity index (χ4n) is 4.02. The van der Waals surface area contributed by atoms with Crippen molar-refractivity contribution < 1.29 is 0 Å². The zero-order valence-electron chi connectivity index (χ0n) is 12.4. The van der Waals surface area contributed by atoms with Crippen LogP contribution in [0.1, 0.15) is 62.8 Å². The summed E-state index contributed by atoms with van der Waals surface area (Å²) in [5, 5.41) is 3.97. The summed E-state index contributed by atoms with van der Waals surface area (Å²) >= 11 is 0. The van der Waals surface area contributed by atoms with E-state index in [2.05, 4.69) is 35.6 Å². The van der Waals surface area contributed by atoms with E-state index in [0.717, 1.165) is 0 Å². The third kappa shape index (κ3) is 3.42. The number of rotatable bonds is 3. The Morgan fingerprint density at radius 1 is 0.850 bits per heavy atom. The second kappa shape index (κ2) is 6.73. The number of hydrogen-bond donors (Lipinski definition) is 2. The molecule has 0 heterocycles. The minimum absolute atomic E-state index is 0.448. The van der Waals surface area contributed by atoms with Crippen molar-refractivity contribution in [1.82, 2.24) is 5.32 Å². The van der Waals surface area contributed by atoms with E-state index in [4.69, 9.17) is 5.73 Å². The third-order valence-corrected chi connectivity index (χ3v) is 5.22. The van der Waals surface area contributed by atoms with Crippen molar-refractivity contribution in [3.05, 3.63) is 35.9 Å². The van der Waals surface area contributed by atoms with Crippen LogP contribution < -0.4 is 11.1 Å². The lowest BCUT2D eigenvalue weighted by molar-refractivity contribution is 0.257. The molecule has 2 aliphatic carbocycles. The van der Waals surface area contributed by atoms with Gasteiger partial charge in [0.1, 0.15) is 0 Å². The maximum atomic E-state index is 6.02. The van der Waals surface area contributed by atoms with Crippen molar-refractivity contribution >= 4 is 0 Å². The Labute approximate surface area is 123 Å².